The van der Waals surface area contributed by atoms with Gasteiger partial charge in [0, 0.05) is 17.3 Å². The van der Waals surface area contributed by atoms with Crippen LogP contribution in [0, 0.1) is 0 Å². The first-order valence-electron chi connectivity index (χ1n) is 11.0. The van der Waals surface area contributed by atoms with Gasteiger partial charge in [-0.1, -0.05) is 38.1 Å². The number of carbonyl (C=O) groups excluding carboxylic acids is 1. The van der Waals surface area contributed by atoms with Gasteiger partial charge in [0.05, 0.1) is 23.1 Å². The van der Waals surface area contributed by atoms with Gasteiger partial charge >= 0.3 is 12.1 Å². The van der Waals surface area contributed by atoms with Gasteiger partial charge in [0.25, 0.3) is 0 Å². The molecule has 6 nitrogen and oxygen atoms in total. The topological polar surface area (TPSA) is 89.1 Å². The van der Waals surface area contributed by atoms with Crippen LogP contribution in [0.2, 0.25) is 0 Å². The predicted molar refractivity (Wildman–Crippen MR) is 128 cm³/mol. The number of pyridine rings is 1. The molecular weight excluding hydrogens is 493 g/mol. The second-order valence-corrected chi connectivity index (χ2v) is 10.7. The molecule has 36 heavy (non-hydrogen) atoms. The number of alkyl halides is 3. The number of hydrogen-bond donors (Lipinski definition) is 1. The molecule has 1 atom stereocenters. The Labute approximate surface area is 206 Å². The lowest BCUT2D eigenvalue weighted by molar-refractivity contribution is -0.137. The number of aromatic amines is 1. The third-order valence-electron chi connectivity index (χ3n) is 5.92. The Kier molecular flexibility index (Phi) is 6.66. The third-order valence-corrected chi connectivity index (χ3v) is 8.00. The van der Waals surface area contributed by atoms with Crippen molar-refractivity contribution in [3.8, 4) is 0 Å². The number of nitrogens with zero attached hydrogens (tertiary/aromatic N) is 1. The quantitative estimate of drug-likeness (QED) is 0.315. The van der Waals surface area contributed by atoms with Crippen LogP contribution in [0.1, 0.15) is 57.8 Å². The lowest BCUT2D eigenvalue weighted by Gasteiger charge is -2.18. The van der Waals surface area contributed by atoms with E-state index in [1.165, 1.54) is 49.6 Å². The highest BCUT2D eigenvalue weighted by molar-refractivity contribution is 7.91. The first-order chi connectivity index (χ1) is 16.9. The van der Waals surface area contributed by atoms with Crippen LogP contribution in [0.15, 0.2) is 71.8 Å². The molecule has 188 valence electrons. The van der Waals surface area contributed by atoms with Crippen molar-refractivity contribution >= 4 is 26.8 Å². The van der Waals surface area contributed by atoms with E-state index in [9.17, 15) is 26.4 Å². The van der Waals surface area contributed by atoms with Crippen molar-refractivity contribution in [3.05, 3.63) is 94.8 Å². The first kappa shape index (κ1) is 25.4. The average Bonchev–Trinajstić information content (AvgIpc) is 3.26. The van der Waals surface area contributed by atoms with E-state index < -0.39 is 32.8 Å². The van der Waals surface area contributed by atoms with Gasteiger partial charge in [-0.15, -0.1) is 0 Å². The molecule has 0 saturated carbocycles. The van der Waals surface area contributed by atoms with Crippen molar-refractivity contribution in [1.82, 2.24) is 9.97 Å². The molecule has 0 amide bonds. The summed E-state index contributed by atoms with van der Waals surface area (Å²) in [5, 5.41) is -1.17. The summed E-state index contributed by atoms with van der Waals surface area (Å²) in [6, 6.07) is 14.6. The fourth-order valence-electron chi connectivity index (χ4n) is 3.95. The molecule has 0 bridgehead atoms. The lowest BCUT2D eigenvalue weighted by atomic mass is 10.0. The molecule has 1 unspecified atom stereocenters. The van der Waals surface area contributed by atoms with E-state index in [1.54, 1.807) is 12.1 Å². The fraction of sp³-hybridized carbons (Fsp3) is 0.231. The van der Waals surface area contributed by atoms with Crippen LogP contribution in [0.25, 0.3) is 11.0 Å². The van der Waals surface area contributed by atoms with E-state index in [4.69, 9.17) is 4.74 Å². The van der Waals surface area contributed by atoms with E-state index in [0.29, 0.717) is 11.8 Å². The Hall–Kier alpha value is -3.66. The number of fused-ring (bicyclic) bond motifs is 1. The van der Waals surface area contributed by atoms with E-state index in [-0.39, 0.29) is 33.1 Å². The van der Waals surface area contributed by atoms with Gasteiger partial charge in [0.1, 0.15) is 10.9 Å². The average molecular weight is 517 g/mol. The summed E-state index contributed by atoms with van der Waals surface area (Å²) in [7, 11) is -2.84. The minimum Gasteiger partial charge on any atom is -0.465 e. The third kappa shape index (κ3) is 4.86. The number of methoxy groups -OCH3 is 1. The molecule has 0 aliphatic heterocycles. The van der Waals surface area contributed by atoms with E-state index >= 15 is 0 Å². The van der Waals surface area contributed by atoms with E-state index in [1.807, 2.05) is 13.8 Å². The van der Waals surface area contributed by atoms with Crippen LogP contribution in [0.3, 0.4) is 0 Å². The molecule has 4 rings (SSSR count). The van der Waals surface area contributed by atoms with Gasteiger partial charge in [0.2, 0.25) is 0 Å². The Morgan fingerprint density at radius 2 is 1.58 bits per heavy atom. The van der Waals surface area contributed by atoms with Crippen molar-refractivity contribution in [2.45, 2.75) is 36.1 Å². The maximum Gasteiger partial charge on any atom is 0.417 e. The largest absolute Gasteiger partial charge is 0.465 e. The summed E-state index contributed by atoms with van der Waals surface area (Å²) in [5.74, 6) is -0.384. The number of benzene rings is 2. The molecule has 2 aromatic carbocycles. The Morgan fingerprint density at radius 1 is 0.972 bits per heavy atom. The van der Waals surface area contributed by atoms with Crippen LogP contribution in [0.5, 0.6) is 0 Å². The van der Waals surface area contributed by atoms with Crippen molar-refractivity contribution in [1.29, 1.82) is 0 Å². The number of carbonyl (C=O) groups is 1. The summed E-state index contributed by atoms with van der Waals surface area (Å²) in [6.07, 6.45) is -3.89. The monoisotopic (exact) mass is 516 g/mol. The molecular formula is C26H23F3N2O4S. The summed E-state index contributed by atoms with van der Waals surface area (Å²) < 4.78 is 72.0. The minimum absolute atomic E-state index is 0.0524. The van der Waals surface area contributed by atoms with Gasteiger partial charge in [-0.2, -0.15) is 13.2 Å². The van der Waals surface area contributed by atoms with Gasteiger partial charge in [-0.25, -0.2) is 18.2 Å². The second-order valence-electron chi connectivity index (χ2n) is 8.65. The number of H-pyrrole nitrogens is 1. The van der Waals surface area contributed by atoms with E-state index in [0.717, 1.165) is 11.6 Å². The van der Waals surface area contributed by atoms with E-state index in [2.05, 4.69) is 9.97 Å². The first-order valence-corrected chi connectivity index (χ1v) is 12.5. The normalized spacial score (nSPS) is 13.2. The van der Waals surface area contributed by atoms with Crippen molar-refractivity contribution < 1.29 is 31.1 Å². The van der Waals surface area contributed by atoms with Crippen LogP contribution < -0.4 is 0 Å². The molecule has 0 radical (unpaired) electrons. The highest BCUT2D eigenvalue weighted by Gasteiger charge is 2.34. The second kappa shape index (κ2) is 9.42. The molecule has 10 heteroatoms. The van der Waals surface area contributed by atoms with Gasteiger partial charge in [-0.05, 0) is 53.4 Å². The minimum atomic E-state index is -4.59. The number of sulfone groups is 1. The summed E-state index contributed by atoms with van der Waals surface area (Å²) in [4.78, 5) is 18.6. The molecule has 2 aromatic heterocycles. The maximum atomic E-state index is 13.9. The smallest absolute Gasteiger partial charge is 0.417 e. The van der Waals surface area contributed by atoms with Crippen molar-refractivity contribution in [2.24, 2.45) is 0 Å². The maximum absolute atomic E-state index is 13.9. The number of aromatic nitrogens is 2. The summed E-state index contributed by atoms with van der Waals surface area (Å²) >= 11 is 0. The number of nitrogens with one attached hydrogen (secondary N) is 1. The van der Waals surface area contributed by atoms with Crippen LogP contribution >= 0.6 is 0 Å². The number of rotatable bonds is 6. The fourth-order valence-corrected chi connectivity index (χ4v) is 5.71. The van der Waals surface area contributed by atoms with Gasteiger partial charge in [0.15, 0.2) is 9.84 Å². The van der Waals surface area contributed by atoms with Crippen molar-refractivity contribution in [2.75, 3.05) is 7.11 Å². The summed E-state index contributed by atoms with van der Waals surface area (Å²) in [6.45, 7) is 3.98. The SMILES string of the molecule is COC(=O)c1ccc(C(c2cc3cc(C(F)(F)F)cnc3[nH]2)S(=O)(=O)c2ccc(C(C)C)cc2)cc1. The predicted octanol–water partition coefficient (Wildman–Crippen LogP) is 6.06. The van der Waals surface area contributed by atoms with Gasteiger partial charge < -0.3 is 9.72 Å². The summed E-state index contributed by atoms with van der Waals surface area (Å²) in [5.41, 5.74) is 0.842. The molecule has 1 N–H and O–H groups in total. The molecule has 0 fully saturated rings. The Morgan fingerprint density at radius 3 is 2.14 bits per heavy atom. The molecule has 0 saturated heterocycles. The zero-order valence-corrected chi connectivity index (χ0v) is 20.4. The number of hydrogen-bond acceptors (Lipinski definition) is 5. The molecule has 0 aliphatic rings. The highest BCUT2D eigenvalue weighted by Crippen LogP contribution is 2.37. The molecule has 0 aliphatic carbocycles. The Bertz CT molecular complexity index is 1510. The standard InChI is InChI=1S/C26H23F3N2O4S/c1-15(2)16-8-10-21(11-9-16)36(33,34)23(17-4-6-18(7-5-17)25(32)35-3)22-13-19-12-20(26(27,28)29)14-30-24(19)31-22/h4-15,23H,1-3H3,(H,30,31). The van der Waals surface area contributed by atoms with Crippen LogP contribution in [-0.4, -0.2) is 31.5 Å². The Balaban J connectivity index is 1.87. The highest BCUT2D eigenvalue weighted by atomic mass is 32.2. The van der Waals surface area contributed by atoms with Gasteiger partial charge in [-0.3, -0.25) is 0 Å². The van der Waals surface area contributed by atoms with Crippen LogP contribution in [0.4, 0.5) is 13.2 Å². The number of esters is 1. The van der Waals surface area contributed by atoms with Crippen molar-refractivity contribution in [3.63, 3.8) is 0 Å². The zero-order chi connectivity index (χ0) is 26.3. The lowest BCUT2D eigenvalue weighted by Crippen LogP contribution is -2.16. The number of ether oxygens (including phenoxy) is 1. The molecule has 0 spiro atoms. The van der Waals surface area contributed by atoms with Crippen LogP contribution in [-0.2, 0) is 20.8 Å². The molecule has 2 heterocycles. The number of halogens is 3. The molecule has 4 aromatic rings. The zero-order valence-electron chi connectivity index (χ0n) is 19.6.